The first-order valence-corrected chi connectivity index (χ1v) is 4.90. The van der Waals surface area contributed by atoms with Crippen molar-refractivity contribution >= 4 is 23.5 Å². The van der Waals surface area contributed by atoms with E-state index in [1.54, 1.807) is 23.5 Å². The Morgan fingerprint density at radius 2 is 0.667 bits per heavy atom. The van der Waals surface area contributed by atoms with Gasteiger partial charge in [-0.1, -0.05) is 0 Å². The SMILES string of the molecule is CSC.CSC. The topological polar surface area (TPSA) is 0 Å². The molecule has 0 bridgehead atoms. The Bertz CT molecular complexity index is 7.51. The van der Waals surface area contributed by atoms with Crippen LogP contribution >= 0.6 is 23.5 Å². The van der Waals surface area contributed by atoms with Crippen LogP contribution in [0.15, 0.2) is 0 Å². The van der Waals surface area contributed by atoms with Crippen LogP contribution in [0, 0.1) is 0 Å². The lowest BCUT2D eigenvalue weighted by atomic mass is 11.9. The fourth-order valence-corrected chi connectivity index (χ4v) is 0. The van der Waals surface area contributed by atoms with Gasteiger partial charge < -0.3 is 0 Å². The molecule has 0 N–H and O–H groups in total. The first kappa shape index (κ1) is 9.85. The molecule has 0 aliphatic carbocycles. The van der Waals surface area contributed by atoms with E-state index >= 15 is 0 Å². The van der Waals surface area contributed by atoms with E-state index in [4.69, 9.17) is 0 Å². The zero-order chi connectivity index (χ0) is 5.41. The highest BCUT2D eigenvalue weighted by Gasteiger charge is 1.33. The summed E-state index contributed by atoms with van der Waals surface area (Å²) in [7, 11) is 0. The largest absolute Gasteiger partial charge is 0.169 e. The van der Waals surface area contributed by atoms with Gasteiger partial charge in [0.15, 0.2) is 0 Å². The van der Waals surface area contributed by atoms with Gasteiger partial charge in [0.05, 0.1) is 0 Å². The summed E-state index contributed by atoms with van der Waals surface area (Å²) in [6, 6.07) is 0. The summed E-state index contributed by atoms with van der Waals surface area (Å²) in [6.07, 6.45) is 8.17. The van der Waals surface area contributed by atoms with Crippen molar-refractivity contribution in [1.29, 1.82) is 0 Å². The van der Waals surface area contributed by atoms with Crippen LogP contribution < -0.4 is 0 Å². The molecule has 0 amide bonds. The quantitative estimate of drug-likeness (QED) is 0.484. The molecule has 0 unspecified atom stereocenters. The maximum Gasteiger partial charge on any atom is -0.0187 e. The van der Waals surface area contributed by atoms with E-state index in [9.17, 15) is 0 Å². The van der Waals surface area contributed by atoms with Crippen molar-refractivity contribution in [1.82, 2.24) is 0 Å². The molecule has 2 heteroatoms. The lowest BCUT2D eigenvalue weighted by Gasteiger charge is -1.51. The van der Waals surface area contributed by atoms with Gasteiger partial charge >= 0.3 is 0 Å². The fourth-order valence-electron chi connectivity index (χ4n) is 0. The van der Waals surface area contributed by atoms with Gasteiger partial charge in [0.2, 0.25) is 0 Å². The summed E-state index contributed by atoms with van der Waals surface area (Å²) in [6.45, 7) is 0. The van der Waals surface area contributed by atoms with E-state index < -0.39 is 0 Å². The molecule has 0 aliphatic heterocycles. The summed E-state index contributed by atoms with van der Waals surface area (Å²) in [4.78, 5) is 0. The van der Waals surface area contributed by atoms with Gasteiger partial charge in [-0.3, -0.25) is 0 Å². The molecule has 0 aromatic heterocycles. The van der Waals surface area contributed by atoms with Crippen molar-refractivity contribution in [3.05, 3.63) is 0 Å². The van der Waals surface area contributed by atoms with Crippen molar-refractivity contribution in [3.8, 4) is 0 Å². The van der Waals surface area contributed by atoms with Gasteiger partial charge in [-0.25, -0.2) is 0 Å². The van der Waals surface area contributed by atoms with Crippen LogP contribution in [0.25, 0.3) is 0 Å². The zero-order valence-electron chi connectivity index (χ0n) is 4.82. The minimum absolute atomic E-state index is 1.75. The van der Waals surface area contributed by atoms with E-state index in [0.717, 1.165) is 0 Å². The predicted molar refractivity (Wildman–Crippen MR) is 38.9 cm³/mol. The second kappa shape index (κ2) is 17.3. The number of thioether (sulfide) groups is 2. The predicted octanol–water partition coefficient (Wildman–Crippen LogP) is 1.96. The molecule has 0 saturated heterocycles. The van der Waals surface area contributed by atoms with Gasteiger partial charge in [0.25, 0.3) is 0 Å². The average Bonchev–Trinajstić information content (AvgIpc) is 1.39. The second-order valence-corrected chi connectivity index (χ2v) is 2.45. The summed E-state index contributed by atoms with van der Waals surface area (Å²) in [5.74, 6) is 0. The fraction of sp³-hybridized carbons (Fsp3) is 1.00. The Labute approximate surface area is 49.1 Å². The Kier molecular flexibility index (Phi) is 28.4. The highest BCUT2D eigenvalue weighted by Crippen LogP contribution is 1.70. The number of hydrogen-bond donors (Lipinski definition) is 0. The van der Waals surface area contributed by atoms with E-state index in [2.05, 4.69) is 0 Å². The molecule has 0 rings (SSSR count). The van der Waals surface area contributed by atoms with E-state index in [1.807, 2.05) is 25.0 Å². The lowest BCUT2D eigenvalue weighted by Crippen LogP contribution is -1.25. The molecule has 0 aromatic carbocycles. The molecule has 0 saturated carbocycles. The minimum atomic E-state index is 1.75. The van der Waals surface area contributed by atoms with Crippen molar-refractivity contribution in [2.75, 3.05) is 25.0 Å². The Morgan fingerprint density at radius 1 is 0.667 bits per heavy atom. The van der Waals surface area contributed by atoms with Crippen LogP contribution in [0.4, 0.5) is 0 Å². The zero-order valence-corrected chi connectivity index (χ0v) is 6.45. The van der Waals surface area contributed by atoms with E-state index in [1.165, 1.54) is 0 Å². The van der Waals surface area contributed by atoms with Crippen LogP contribution in [0.3, 0.4) is 0 Å². The summed E-state index contributed by atoms with van der Waals surface area (Å²) in [5, 5.41) is 0. The van der Waals surface area contributed by atoms with Gasteiger partial charge in [-0.05, 0) is 25.0 Å². The van der Waals surface area contributed by atoms with Crippen LogP contribution in [0.1, 0.15) is 0 Å². The van der Waals surface area contributed by atoms with Crippen LogP contribution in [-0.2, 0) is 0 Å². The molecule has 6 heavy (non-hydrogen) atoms. The van der Waals surface area contributed by atoms with Crippen LogP contribution in [-0.4, -0.2) is 25.0 Å². The maximum atomic E-state index is 2.04. The van der Waals surface area contributed by atoms with E-state index in [0.29, 0.717) is 0 Å². The Morgan fingerprint density at radius 3 is 0.667 bits per heavy atom. The average molecular weight is 124 g/mol. The standard InChI is InChI=1S/2C2H6S/c2*1-3-2/h2*1-2H3. The molecular weight excluding hydrogens is 112 g/mol. The molecule has 0 spiro atoms. The third kappa shape index (κ3) is 131. The first-order valence-electron chi connectivity index (χ1n) is 1.63. The smallest absolute Gasteiger partial charge is 0.0187 e. The van der Waals surface area contributed by atoms with Crippen LogP contribution in [0.5, 0.6) is 0 Å². The van der Waals surface area contributed by atoms with Crippen molar-refractivity contribution in [3.63, 3.8) is 0 Å². The molecular formula is C4H12S2. The Balaban J connectivity index is 0. The van der Waals surface area contributed by atoms with Gasteiger partial charge in [0.1, 0.15) is 0 Å². The molecule has 0 heterocycles. The summed E-state index contributed by atoms with van der Waals surface area (Å²) in [5.41, 5.74) is 0. The molecule has 0 radical (unpaired) electrons. The molecule has 40 valence electrons. The van der Waals surface area contributed by atoms with E-state index in [-0.39, 0.29) is 0 Å². The summed E-state index contributed by atoms with van der Waals surface area (Å²) < 4.78 is 0. The summed E-state index contributed by atoms with van der Waals surface area (Å²) >= 11 is 3.50. The maximum absolute atomic E-state index is 2.04. The third-order valence-electron chi connectivity index (χ3n) is 0. The first-order chi connectivity index (χ1) is 2.83. The normalized spacial score (nSPS) is 6.00. The molecule has 0 nitrogen and oxygen atoms in total. The molecule has 0 atom stereocenters. The van der Waals surface area contributed by atoms with Crippen molar-refractivity contribution in [2.45, 2.75) is 0 Å². The second-order valence-electron chi connectivity index (χ2n) is 0.816. The highest BCUT2D eigenvalue weighted by atomic mass is 32.2. The minimum Gasteiger partial charge on any atom is -0.169 e. The molecule has 0 fully saturated rings. The van der Waals surface area contributed by atoms with Crippen molar-refractivity contribution in [2.24, 2.45) is 0 Å². The third-order valence-corrected chi connectivity index (χ3v) is 0. The Hall–Kier alpha value is 0.700. The molecule has 0 aliphatic rings. The number of hydrogen-bond acceptors (Lipinski definition) is 2. The lowest BCUT2D eigenvalue weighted by molar-refractivity contribution is 2.37. The highest BCUT2D eigenvalue weighted by molar-refractivity contribution is 7.98. The van der Waals surface area contributed by atoms with Gasteiger partial charge in [-0.2, -0.15) is 23.5 Å². The van der Waals surface area contributed by atoms with Crippen molar-refractivity contribution < 1.29 is 0 Å². The number of rotatable bonds is 0. The van der Waals surface area contributed by atoms with Gasteiger partial charge in [0, 0.05) is 0 Å². The molecule has 0 aromatic rings. The monoisotopic (exact) mass is 124 g/mol. The van der Waals surface area contributed by atoms with Gasteiger partial charge in [-0.15, -0.1) is 0 Å². The van der Waals surface area contributed by atoms with Crippen LogP contribution in [0.2, 0.25) is 0 Å².